The highest BCUT2D eigenvalue weighted by Crippen LogP contribution is 2.24. The lowest BCUT2D eigenvalue weighted by Crippen LogP contribution is -2.48. The van der Waals surface area contributed by atoms with E-state index in [0.29, 0.717) is 11.6 Å². The second-order valence-electron chi connectivity index (χ2n) is 7.66. The minimum Gasteiger partial charge on any atom is -0.365 e. The lowest BCUT2D eigenvalue weighted by molar-refractivity contribution is -0.119. The molecule has 0 bridgehead atoms. The van der Waals surface area contributed by atoms with Crippen LogP contribution >= 0.6 is 0 Å². The zero-order valence-corrected chi connectivity index (χ0v) is 17.7. The van der Waals surface area contributed by atoms with E-state index in [1.165, 1.54) is 17.9 Å². The molecule has 3 aromatic rings. The van der Waals surface area contributed by atoms with Crippen LogP contribution in [0, 0.1) is 0 Å². The lowest BCUT2D eigenvalue weighted by Gasteiger charge is -2.32. The molecule has 11 heteroatoms. The summed E-state index contributed by atoms with van der Waals surface area (Å²) in [6, 6.07) is 7.35. The van der Waals surface area contributed by atoms with Crippen molar-refractivity contribution in [3.05, 3.63) is 48.4 Å². The molecule has 0 spiro atoms. The number of hydrogen-bond donors (Lipinski definition) is 4. The third-order valence-corrected chi connectivity index (χ3v) is 5.28. The smallest absolute Gasteiger partial charge is 0.254 e. The molecule has 1 fully saturated rings. The molecule has 1 saturated carbocycles. The number of anilines is 3. The molecular formula is C21H25N9O2. The molecule has 4 rings (SSSR count). The fourth-order valence-corrected chi connectivity index (χ4v) is 3.82. The van der Waals surface area contributed by atoms with Gasteiger partial charge in [-0.3, -0.25) is 9.59 Å². The fourth-order valence-electron chi connectivity index (χ4n) is 3.82. The van der Waals surface area contributed by atoms with Gasteiger partial charge in [-0.1, -0.05) is 18.9 Å². The summed E-state index contributed by atoms with van der Waals surface area (Å²) < 4.78 is 0. The predicted molar refractivity (Wildman–Crippen MR) is 119 cm³/mol. The molecule has 32 heavy (non-hydrogen) atoms. The molecule has 2 aromatic heterocycles. The standard InChI is InChI=1S/C21H25N9O2/c1-13(31)26-17-7-2-3-8-18(17)28-21-23-12-16(19(22)32)20(29-21)27-14-5-4-6-15(11-14)30-24-9-10-25-30/h4-6,9-12,17-18H,2-3,7-8H2,1H3,(H2,22,32)(H,26,31)(H2,23,27,28,29). The highest BCUT2D eigenvalue weighted by atomic mass is 16.1. The van der Waals surface area contributed by atoms with E-state index in [4.69, 9.17) is 5.73 Å². The molecule has 2 heterocycles. The van der Waals surface area contributed by atoms with Gasteiger partial charge in [-0.25, -0.2) is 4.98 Å². The second-order valence-corrected chi connectivity index (χ2v) is 7.66. The van der Waals surface area contributed by atoms with E-state index in [1.54, 1.807) is 12.4 Å². The van der Waals surface area contributed by atoms with Gasteiger partial charge < -0.3 is 21.7 Å². The average Bonchev–Trinajstić information content (AvgIpc) is 3.30. The minimum absolute atomic E-state index is 0.00433. The van der Waals surface area contributed by atoms with Gasteiger partial charge in [0.25, 0.3) is 5.91 Å². The quantitative estimate of drug-likeness (QED) is 0.438. The largest absolute Gasteiger partial charge is 0.365 e. The summed E-state index contributed by atoms with van der Waals surface area (Å²) in [6.45, 7) is 1.51. The predicted octanol–water partition coefficient (Wildman–Crippen LogP) is 1.76. The maximum atomic E-state index is 12.0. The van der Waals surface area contributed by atoms with Crippen LogP contribution in [0.5, 0.6) is 0 Å². The summed E-state index contributed by atoms with van der Waals surface area (Å²) in [5, 5.41) is 17.7. The summed E-state index contributed by atoms with van der Waals surface area (Å²) in [5.41, 5.74) is 7.13. The van der Waals surface area contributed by atoms with Crippen LogP contribution in [0.15, 0.2) is 42.9 Å². The van der Waals surface area contributed by atoms with Gasteiger partial charge in [0.05, 0.1) is 18.1 Å². The van der Waals surface area contributed by atoms with Crippen molar-refractivity contribution in [2.24, 2.45) is 5.73 Å². The van der Waals surface area contributed by atoms with Crippen LogP contribution in [0.1, 0.15) is 43.0 Å². The first kappa shape index (κ1) is 21.2. The number of nitrogens with zero attached hydrogens (tertiary/aromatic N) is 5. The molecule has 5 N–H and O–H groups in total. The second kappa shape index (κ2) is 9.41. The lowest BCUT2D eigenvalue weighted by atomic mass is 9.90. The van der Waals surface area contributed by atoms with Crippen LogP contribution in [0.2, 0.25) is 0 Å². The number of benzene rings is 1. The van der Waals surface area contributed by atoms with E-state index in [1.807, 2.05) is 24.3 Å². The van der Waals surface area contributed by atoms with E-state index in [0.717, 1.165) is 31.4 Å². The molecule has 1 aromatic carbocycles. The van der Waals surface area contributed by atoms with Gasteiger partial charge in [-0.05, 0) is 31.0 Å². The molecule has 1 aliphatic rings. The van der Waals surface area contributed by atoms with E-state index in [2.05, 4.69) is 36.1 Å². The Hall–Kier alpha value is -4.02. The number of nitrogens with two attached hydrogens (primary N) is 1. The van der Waals surface area contributed by atoms with E-state index < -0.39 is 5.91 Å². The van der Waals surface area contributed by atoms with Gasteiger partial charge in [-0.2, -0.15) is 20.0 Å². The maximum absolute atomic E-state index is 12.0. The molecule has 2 unspecified atom stereocenters. The van der Waals surface area contributed by atoms with Gasteiger partial charge in [0.1, 0.15) is 11.4 Å². The number of rotatable bonds is 7. The van der Waals surface area contributed by atoms with E-state index in [-0.39, 0.29) is 29.4 Å². The summed E-state index contributed by atoms with van der Waals surface area (Å²) in [6.07, 6.45) is 8.45. The zero-order valence-electron chi connectivity index (χ0n) is 17.7. The zero-order chi connectivity index (χ0) is 22.5. The minimum atomic E-state index is -0.641. The molecule has 11 nitrogen and oxygen atoms in total. The van der Waals surface area contributed by atoms with Gasteiger partial charge in [0.15, 0.2) is 0 Å². The Morgan fingerprint density at radius 1 is 1.12 bits per heavy atom. The first-order valence-electron chi connectivity index (χ1n) is 10.4. The molecule has 2 amide bonds. The van der Waals surface area contributed by atoms with Crippen LogP contribution < -0.4 is 21.7 Å². The van der Waals surface area contributed by atoms with Crippen LogP contribution in [-0.2, 0) is 4.79 Å². The summed E-state index contributed by atoms with van der Waals surface area (Å²) >= 11 is 0. The normalized spacial score (nSPS) is 18.0. The summed E-state index contributed by atoms with van der Waals surface area (Å²) in [4.78, 5) is 33.8. The Balaban J connectivity index is 1.58. The van der Waals surface area contributed by atoms with Crippen molar-refractivity contribution >= 4 is 29.3 Å². The first-order valence-corrected chi connectivity index (χ1v) is 10.4. The van der Waals surface area contributed by atoms with Crippen molar-refractivity contribution in [2.75, 3.05) is 10.6 Å². The van der Waals surface area contributed by atoms with Crippen molar-refractivity contribution < 1.29 is 9.59 Å². The Bertz CT molecular complexity index is 1100. The van der Waals surface area contributed by atoms with Crippen molar-refractivity contribution in [2.45, 2.75) is 44.7 Å². The van der Waals surface area contributed by atoms with E-state index in [9.17, 15) is 9.59 Å². The fraction of sp³-hybridized carbons (Fsp3) is 0.333. The highest BCUT2D eigenvalue weighted by molar-refractivity contribution is 5.98. The number of carbonyl (C=O) groups is 2. The molecule has 166 valence electrons. The summed E-state index contributed by atoms with van der Waals surface area (Å²) in [5.74, 6) is -0.0718. The van der Waals surface area contributed by atoms with E-state index >= 15 is 0 Å². The average molecular weight is 435 g/mol. The molecule has 0 aliphatic heterocycles. The molecule has 0 saturated heterocycles. The number of aromatic nitrogens is 5. The third-order valence-electron chi connectivity index (χ3n) is 5.28. The third kappa shape index (κ3) is 4.99. The topological polar surface area (TPSA) is 153 Å². The Morgan fingerprint density at radius 3 is 2.59 bits per heavy atom. The Kier molecular flexibility index (Phi) is 6.24. The molecule has 1 aliphatic carbocycles. The monoisotopic (exact) mass is 435 g/mol. The number of primary amides is 1. The molecule has 2 atom stereocenters. The number of carbonyl (C=O) groups excluding carboxylic acids is 2. The first-order chi connectivity index (χ1) is 15.5. The van der Waals surface area contributed by atoms with Crippen LogP contribution in [0.3, 0.4) is 0 Å². The van der Waals surface area contributed by atoms with Crippen LogP contribution in [0.25, 0.3) is 5.69 Å². The van der Waals surface area contributed by atoms with Crippen molar-refractivity contribution in [3.63, 3.8) is 0 Å². The van der Waals surface area contributed by atoms with Crippen LogP contribution in [-0.4, -0.2) is 48.9 Å². The van der Waals surface area contributed by atoms with Gasteiger partial charge in [-0.15, -0.1) is 0 Å². The number of hydrogen-bond acceptors (Lipinski definition) is 8. The van der Waals surface area contributed by atoms with Crippen LogP contribution in [0.4, 0.5) is 17.5 Å². The van der Waals surface area contributed by atoms with Gasteiger partial charge in [0, 0.05) is 30.9 Å². The van der Waals surface area contributed by atoms with Crippen molar-refractivity contribution in [3.8, 4) is 5.69 Å². The van der Waals surface area contributed by atoms with Gasteiger partial charge in [0.2, 0.25) is 11.9 Å². The highest BCUT2D eigenvalue weighted by Gasteiger charge is 2.26. The SMILES string of the molecule is CC(=O)NC1CCCCC1Nc1ncc(C(N)=O)c(Nc2cccc(-n3nccn3)c2)n1. The van der Waals surface area contributed by atoms with Crippen molar-refractivity contribution in [1.82, 2.24) is 30.3 Å². The Labute approximate surface area is 184 Å². The number of nitrogens with one attached hydrogen (secondary N) is 3. The Morgan fingerprint density at radius 2 is 1.88 bits per heavy atom. The number of amides is 2. The summed E-state index contributed by atoms with van der Waals surface area (Å²) in [7, 11) is 0. The van der Waals surface area contributed by atoms with Crippen molar-refractivity contribution in [1.29, 1.82) is 0 Å². The van der Waals surface area contributed by atoms with Gasteiger partial charge >= 0.3 is 0 Å². The maximum Gasteiger partial charge on any atom is 0.254 e. The molecule has 0 radical (unpaired) electrons. The molecular weight excluding hydrogens is 410 g/mol.